The fourth-order valence-corrected chi connectivity index (χ4v) is 6.50. The molecule has 0 saturated carbocycles. The van der Waals surface area contributed by atoms with E-state index in [9.17, 15) is 29.4 Å². The van der Waals surface area contributed by atoms with Crippen molar-refractivity contribution in [3.63, 3.8) is 0 Å². The predicted molar refractivity (Wildman–Crippen MR) is 222 cm³/mol. The van der Waals surface area contributed by atoms with Crippen molar-refractivity contribution < 1.29 is 29.4 Å². The van der Waals surface area contributed by atoms with E-state index in [1.54, 1.807) is 78.7 Å². The number of carbonyl (C=O) groups is 4. The number of aliphatic hydroxyl groups excluding tert-OH is 2. The Bertz CT molecular complexity index is 1730. The maximum absolute atomic E-state index is 14.0. The van der Waals surface area contributed by atoms with Gasteiger partial charge in [0, 0.05) is 52.0 Å². The van der Waals surface area contributed by atoms with Crippen LogP contribution in [0.3, 0.4) is 0 Å². The fraction of sp³-hybridized carbons (Fsp3) is 0.409. The van der Waals surface area contributed by atoms with Crippen LogP contribution >= 0.6 is 0 Å². The minimum atomic E-state index is -1.59. The third-order valence-corrected chi connectivity index (χ3v) is 9.86. The Morgan fingerprint density at radius 3 is 1.19 bits per heavy atom. The average Bonchev–Trinajstić information content (AvgIpc) is 3.21. The molecular formula is C44H58N8O6. The van der Waals surface area contributed by atoms with E-state index in [1.807, 2.05) is 72.8 Å². The SMILES string of the molecule is CC(C)[C@H](NC(=O)N(C)Cc1cccnc1)C(=O)N[C@@H](Cc1ccccc1)[C@@H](O)[C@H](O)[C@H](Cc1ccccc1)NC(=O)[C@@H](NC(=O)N(C)Cc1cccnc1)C(C)C. The highest BCUT2D eigenvalue weighted by atomic mass is 16.3. The van der Waals surface area contributed by atoms with Crippen LogP contribution in [0.15, 0.2) is 110 Å². The van der Waals surface area contributed by atoms with Gasteiger partial charge in [0.2, 0.25) is 11.8 Å². The average molecular weight is 795 g/mol. The predicted octanol–water partition coefficient (Wildman–Crippen LogP) is 3.69. The summed E-state index contributed by atoms with van der Waals surface area (Å²) in [6, 6.07) is 20.6. The Morgan fingerprint density at radius 1 is 0.534 bits per heavy atom. The zero-order chi connectivity index (χ0) is 42.2. The summed E-state index contributed by atoms with van der Waals surface area (Å²) in [6.07, 6.45) is 3.69. The summed E-state index contributed by atoms with van der Waals surface area (Å²) in [5, 5.41) is 35.5. The minimum Gasteiger partial charge on any atom is -0.388 e. The molecule has 4 rings (SSSR count). The van der Waals surface area contributed by atoms with Crippen LogP contribution < -0.4 is 21.3 Å². The Labute approximate surface area is 341 Å². The first-order chi connectivity index (χ1) is 27.7. The molecule has 6 amide bonds. The second-order valence-electron chi connectivity index (χ2n) is 15.4. The second kappa shape index (κ2) is 22.2. The lowest BCUT2D eigenvalue weighted by molar-refractivity contribution is -0.129. The van der Waals surface area contributed by atoms with Crippen LogP contribution in [0.4, 0.5) is 9.59 Å². The first-order valence-corrected chi connectivity index (χ1v) is 19.6. The van der Waals surface area contributed by atoms with E-state index in [4.69, 9.17) is 0 Å². The second-order valence-corrected chi connectivity index (χ2v) is 15.4. The molecule has 4 aromatic rings. The third kappa shape index (κ3) is 13.7. The maximum atomic E-state index is 14.0. The van der Waals surface area contributed by atoms with Gasteiger partial charge in [-0.15, -0.1) is 0 Å². The van der Waals surface area contributed by atoms with Gasteiger partial charge in [-0.1, -0.05) is 100 Å². The smallest absolute Gasteiger partial charge is 0.318 e. The largest absolute Gasteiger partial charge is 0.388 e. The normalized spacial score (nSPS) is 14.3. The van der Waals surface area contributed by atoms with Crippen molar-refractivity contribution in [2.24, 2.45) is 11.8 Å². The minimum absolute atomic E-state index is 0.129. The molecule has 58 heavy (non-hydrogen) atoms. The number of amides is 6. The van der Waals surface area contributed by atoms with Gasteiger partial charge in [-0.25, -0.2) is 9.59 Å². The number of hydrogen-bond donors (Lipinski definition) is 6. The van der Waals surface area contributed by atoms with E-state index in [2.05, 4.69) is 31.2 Å². The number of rotatable bonds is 19. The van der Waals surface area contributed by atoms with Gasteiger partial charge in [0.05, 0.1) is 12.1 Å². The molecule has 2 aromatic heterocycles. The van der Waals surface area contributed by atoms with Crippen LogP contribution in [-0.4, -0.2) is 104 Å². The molecule has 2 aromatic carbocycles. The molecule has 14 heteroatoms. The van der Waals surface area contributed by atoms with Gasteiger partial charge in [0.25, 0.3) is 0 Å². The van der Waals surface area contributed by atoms with E-state index in [0.717, 1.165) is 22.3 Å². The standard InChI is InChI=1S/C44H58N8O6/c1-29(2)37(49-43(57)51(5)27-33-19-13-21-45-25-33)41(55)47-35(23-31-15-9-7-10-16-31)39(53)40(54)36(24-32-17-11-8-12-18-32)48-42(56)38(30(3)4)50-44(58)52(6)28-34-20-14-22-46-26-34/h7-22,25-26,29-30,35-40,53-54H,23-24,27-28H2,1-6H3,(H,47,55)(H,48,56)(H,49,57)(H,50,58)/t35-,36-,37-,38-,39+,40+/m0/s1. The lowest BCUT2D eigenvalue weighted by Crippen LogP contribution is -2.62. The van der Waals surface area contributed by atoms with Crippen molar-refractivity contribution in [2.75, 3.05) is 14.1 Å². The molecule has 0 aliphatic rings. The lowest BCUT2D eigenvalue weighted by Gasteiger charge is -2.35. The molecule has 0 aliphatic heterocycles. The fourth-order valence-electron chi connectivity index (χ4n) is 6.50. The van der Waals surface area contributed by atoms with Crippen molar-refractivity contribution in [3.05, 3.63) is 132 Å². The Hall–Kier alpha value is -5.86. The van der Waals surface area contributed by atoms with Crippen LogP contribution in [0.1, 0.15) is 49.9 Å². The van der Waals surface area contributed by atoms with Gasteiger partial charge in [0.15, 0.2) is 0 Å². The van der Waals surface area contributed by atoms with E-state index >= 15 is 0 Å². The summed E-state index contributed by atoms with van der Waals surface area (Å²) in [5.41, 5.74) is 3.19. The highest BCUT2D eigenvalue weighted by molar-refractivity contribution is 5.88. The van der Waals surface area contributed by atoms with Gasteiger partial charge >= 0.3 is 12.1 Å². The van der Waals surface area contributed by atoms with E-state index in [1.165, 1.54) is 9.80 Å². The molecule has 0 aliphatic carbocycles. The molecule has 0 bridgehead atoms. The van der Waals surface area contributed by atoms with Crippen molar-refractivity contribution in [1.82, 2.24) is 41.0 Å². The molecule has 0 unspecified atom stereocenters. The van der Waals surface area contributed by atoms with Crippen LogP contribution in [-0.2, 0) is 35.5 Å². The van der Waals surface area contributed by atoms with E-state index in [0.29, 0.717) is 0 Å². The van der Waals surface area contributed by atoms with E-state index in [-0.39, 0.29) is 37.8 Å². The summed E-state index contributed by atoms with van der Waals surface area (Å²) < 4.78 is 0. The molecular weight excluding hydrogens is 737 g/mol. The molecule has 6 N–H and O–H groups in total. The third-order valence-electron chi connectivity index (χ3n) is 9.86. The monoisotopic (exact) mass is 794 g/mol. The van der Waals surface area contributed by atoms with Gasteiger partial charge < -0.3 is 41.3 Å². The first kappa shape index (κ1) is 44.8. The molecule has 310 valence electrons. The molecule has 0 saturated heterocycles. The van der Waals surface area contributed by atoms with Gasteiger partial charge in [-0.2, -0.15) is 0 Å². The Kier molecular flexibility index (Phi) is 17.1. The highest BCUT2D eigenvalue weighted by Gasteiger charge is 2.38. The number of nitrogens with zero attached hydrogens (tertiary/aromatic N) is 4. The van der Waals surface area contributed by atoms with Crippen molar-refractivity contribution in [1.29, 1.82) is 0 Å². The quantitative estimate of drug-likeness (QED) is 0.0829. The summed E-state index contributed by atoms with van der Waals surface area (Å²) in [4.78, 5) is 65.8. The number of aliphatic hydroxyl groups is 2. The number of urea groups is 2. The lowest BCUT2D eigenvalue weighted by atomic mass is 9.90. The molecule has 14 nitrogen and oxygen atoms in total. The first-order valence-electron chi connectivity index (χ1n) is 19.6. The van der Waals surface area contributed by atoms with Gasteiger partial charge in [-0.3, -0.25) is 19.6 Å². The van der Waals surface area contributed by atoms with Crippen LogP contribution in [0, 0.1) is 11.8 Å². The van der Waals surface area contributed by atoms with Gasteiger partial charge in [0.1, 0.15) is 24.3 Å². The molecule has 0 spiro atoms. The molecule has 0 radical (unpaired) electrons. The number of hydrogen-bond acceptors (Lipinski definition) is 8. The van der Waals surface area contributed by atoms with Crippen molar-refractivity contribution in [3.8, 4) is 0 Å². The summed E-state index contributed by atoms with van der Waals surface area (Å²) in [7, 11) is 3.24. The molecule has 0 fully saturated rings. The number of carbonyl (C=O) groups excluding carboxylic acids is 4. The molecule has 2 heterocycles. The van der Waals surface area contributed by atoms with Crippen molar-refractivity contribution >= 4 is 23.9 Å². The number of nitrogens with one attached hydrogen (secondary N) is 4. The van der Waals surface area contributed by atoms with Crippen LogP contribution in [0.25, 0.3) is 0 Å². The molecule has 6 atom stereocenters. The topological polar surface area (TPSA) is 189 Å². The van der Waals surface area contributed by atoms with Crippen molar-refractivity contribution in [2.45, 2.75) is 90.0 Å². The summed E-state index contributed by atoms with van der Waals surface area (Å²) >= 11 is 0. The van der Waals surface area contributed by atoms with Gasteiger partial charge in [-0.05, 0) is 59.1 Å². The zero-order valence-corrected chi connectivity index (χ0v) is 34.2. The Balaban J connectivity index is 1.56. The van der Waals surface area contributed by atoms with Crippen LogP contribution in [0.2, 0.25) is 0 Å². The summed E-state index contributed by atoms with van der Waals surface area (Å²) in [6.45, 7) is 7.74. The zero-order valence-electron chi connectivity index (χ0n) is 34.2. The number of pyridine rings is 2. The number of aromatic nitrogens is 2. The Morgan fingerprint density at radius 2 is 0.879 bits per heavy atom. The maximum Gasteiger partial charge on any atom is 0.318 e. The van der Waals surface area contributed by atoms with E-state index < -0.39 is 60.3 Å². The summed E-state index contributed by atoms with van der Waals surface area (Å²) in [5.74, 6) is -1.78. The van der Waals surface area contributed by atoms with Crippen LogP contribution in [0.5, 0.6) is 0 Å². The number of benzene rings is 2. The highest BCUT2D eigenvalue weighted by Crippen LogP contribution is 2.17.